The minimum Gasteiger partial charge on any atom is -0.390 e. The number of rotatable bonds is 3. The Morgan fingerprint density at radius 2 is 2.19 bits per heavy atom. The molecule has 0 bridgehead atoms. The Morgan fingerprint density at radius 1 is 1.57 bits per heavy atom. The third kappa shape index (κ3) is 2.30. The Kier molecular flexibility index (Phi) is 3.97. The lowest BCUT2D eigenvalue weighted by Crippen LogP contribution is -2.52. The van der Waals surface area contributed by atoms with Crippen LogP contribution in [0, 0.1) is 10.6 Å². The van der Waals surface area contributed by atoms with E-state index in [9.17, 15) is 28.2 Å². The smallest absolute Gasteiger partial charge is 0.287 e. The van der Waals surface area contributed by atoms with Crippen molar-refractivity contribution >= 4 is 12.2 Å². The first kappa shape index (κ1) is 16.1. The first-order chi connectivity index (χ1) is 9.69. The third-order valence-corrected chi connectivity index (χ3v) is 3.54. The Labute approximate surface area is 120 Å². The molecule has 21 heavy (non-hydrogen) atoms. The van der Waals surface area contributed by atoms with Crippen molar-refractivity contribution in [3.8, 4) is 0 Å². The SMILES string of the molecule is O=c1[nH]c(=S)n([C@@H]2O[C@](F)(CO)C(O)[C@]2(O)CF)cc1F. The number of nitrogens with one attached hydrogen (secondary N) is 1. The Bertz CT molecular complexity index is 667. The predicted octanol–water partition coefficient (Wildman–Crippen LogP) is -0.707. The monoisotopic (exact) mass is 328 g/mol. The average Bonchev–Trinajstić information content (AvgIpc) is 2.66. The van der Waals surface area contributed by atoms with E-state index in [1.807, 2.05) is 4.98 Å². The Morgan fingerprint density at radius 3 is 2.71 bits per heavy atom. The molecule has 1 unspecified atom stereocenters. The van der Waals surface area contributed by atoms with Crippen LogP contribution in [0.5, 0.6) is 0 Å². The van der Waals surface area contributed by atoms with E-state index >= 15 is 0 Å². The fourth-order valence-corrected chi connectivity index (χ4v) is 2.30. The average molecular weight is 328 g/mol. The van der Waals surface area contributed by atoms with Crippen LogP contribution in [0.15, 0.2) is 11.0 Å². The number of hydrogen-bond acceptors (Lipinski definition) is 6. The molecule has 1 saturated heterocycles. The first-order valence-corrected chi connectivity index (χ1v) is 6.05. The molecule has 11 heteroatoms. The van der Waals surface area contributed by atoms with E-state index in [1.165, 1.54) is 0 Å². The van der Waals surface area contributed by atoms with Crippen LogP contribution in [0.3, 0.4) is 0 Å². The fourth-order valence-electron chi connectivity index (χ4n) is 2.06. The minimum absolute atomic E-state index is 0.475. The molecule has 2 heterocycles. The molecule has 1 aliphatic heterocycles. The lowest BCUT2D eigenvalue weighted by Gasteiger charge is -2.29. The van der Waals surface area contributed by atoms with E-state index in [-0.39, 0.29) is 0 Å². The van der Waals surface area contributed by atoms with Gasteiger partial charge in [-0.15, -0.1) is 0 Å². The van der Waals surface area contributed by atoms with Crippen LogP contribution in [0.1, 0.15) is 6.23 Å². The lowest BCUT2D eigenvalue weighted by atomic mass is 9.94. The lowest BCUT2D eigenvalue weighted by molar-refractivity contribution is -0.207. The first-order valence-electron chi connectivity index (χ1n) is 5.64. The van der Waals surface area contributed by atoms with Gasteiger partial charge in [0.25, 0.3) is 11.4 Å². The molecule has 0 aromatic carbocycles. The molecule has 4 N–H and O–H groups in total. The van der Waals surface area contributed by atoms with Crippen molar-refractivity contribution in [2.45, 2.75) is 23.8 Å². The predicted molar refractivity (Wildman–Crippen MR) is 63.8 cm³/mol. The van der Waals surface area contributed by atoms with Gasteiger partial charge >= 0.3 is 0 Å². The molecule has 0 saturated carbocycles. The van der Waals surface area contributed by atoms with Gasteiger partial charge in [-0.25, -0.2) is 8.78 Å². The van der Waals surface area contributed by atoms with Crippen LogP contribution in [-0.2, 0) is 4.74 Å². The highest BCUT2D eigenvalue weighted by Gasteiger charge is 2.65. The second-order valence-corrected chi connectivity index (χ2v) is 4.97. The summed E-state index contributed by atoms with van der Waals surface area (Å²) in [7, 11) is 0. The molecular weight excluding hydrogens is 317 g/mol. The number of aromatic amines is 1. The molecule has 1 aromatic rings. The largest absolute Gasteiger partial charge is 0.390 e. The van der Waals surface area contributed by atoms with E-state index in [2.05, 4.69) is 4.74 Å². The summed E-state index contributed by atoms with van der Waals surface area (Å²) < 4.78 is 45.2. The van der Waals surface area contributed by atoms with Gasteiger partial charge < -0.3 is 20.1 Å². The van der Waals surface area contributed by atoms with Crippen LogP contribution in [0.25, 0.3) is 0 Å². The van der Waals surface area contributed by atoms with Gasteiger partial charge in [-0.2, -0.15) is 4.39 Å². The molecule has 1 fully saturated rings. The van der Waals surface area contributed by atoms with Crippen molar-refractivity contribution in [2.24, 2.45) is 0 Å². The van der Waals surface area contributed by atoms with Crippen molar-refractivity contribution in [1.82, 2.24) is 9.55 Å². The fraction of sp³-hybridized carbons (Fsp3) is 0.600. The van der Waals surface area contributed by atoms with Crippen LogP contribution < -0.4 is 5.56 Å². The highest BCUT2D eigenvalue weighted by Crippen LogP contribution is 2.45. The van der Waals surface area contributed by atoms with Gasteiger partial charge in [0.15, 0.2) is 22.7 Å². The normalized spacial score (nSPS) is 36.1. The maximum atomic E-state index is 14.1. The second-order valence-electron chi connectivity index (χ2n) is 4.59. The van der Waals surface area contributed by atoms with Crippen molar-refractivity contribution in [3.63, 3.8) is 0 Å². The van der Waals surface area contributed by atoms with Gasteiger partial charge in [-0.1, -0.05) is 0 Å². The van der Waals surface area contributed by atoms with Gasteiger partial charge in [0.05, 0.1) is 6.20 Å². The number of nitrogens with zero attached hydrogens (tertiary/aromatic N) is 1. The van der Waals surface area contributed by atoms with Gasteiger partial charge in [-0.3, -0.25) is 14.3 Å². The quantitative estimate of drug-likeness (QED) is 0.546. The van der Waals surface area contributed by atoms with Crippen LogP contribution in [0.4, 0.5) is 13.2 Å². The van der Waals surface area contributed by atoms with Crippen molar-refractivity contribution in [1.29, 1.82) is 0 Å². The highest BCUT2D eigenvalue weighted by molar-refractivity contribution is 7.71. The van der Waals surface area contributed by atoms with Gasteiger partial charge in [0.1, 0.15) is 13.3 Å². The third-order valence-electron chi connectivity index (χ3n) is 3.22. The van der Waals surface area contributed by atoms with Gasteiger partial charge in [-0.05, 0) is 12.2 Å². The van der Waals surface area contributed by atoms with E-state index in [0.717, 1.165) is 0 Å². The number of aliphatic hydroxyl groups is 3. The summed E-state index contributed by atoms with van der Waals surface area (Å²) in [5.41, 5.74) is -4.01. The number of hydrogen-bond donors (Lipinski definition) is 4. The molecule has 4 atom stereocenters. The Balaban J connectivity index is 2.60. The number of ether oxygens (including phenoxy) is 1. The minimum atomic E-state index is -3.17. The van der Waals surface area contributed by atoms with Crippen molar-refractivity contribution < 1.29 is 33.2 Å². The number of H-pyrrole nitrogens is 1. The molecule has 0 amide bonds. The molecule has 0 aliphatic carbocycles. The number of aliphatic hydroxyl groups excluding tert-OH is 2. The molecule has 1 aliphatic rings. The summed E-state index contributed by atoms with van der Waals surface area (Å²) in [6.45, 7) is -3.06. The van der Waals surface area contributed by atoms with Crippen LogP contribution in [0.2, 0.25) is 0 Å². The zero-order chi connectivity index (χ0) is 16.0. The molecule has 0 spiro atoms. The standard InChI is InChI=1S/C10H11F3N2O5S/c11-2-9(19)6(18)10(13,3-16)20-7(9)15-1-4(12)5(17)14-8(15)21/h1,6-7,16,18-19H,2-3H2,(H,14,17,21)/t6?,7-,9-,10-/m1/s1. The zero-order valence-corrected chi connectivity index (χ0v) is 11.1. The Hall–Kier alpha value is -1.27. The van der Waals surface area contributed by atoms with E-state index in [4.69, 9.17) is 17.3 Å². The maximum Gasteiger partial charge on any atom is 0.287 e. The van der Waals surface area contributed by atoms with Crippen LogP contribution >= 0.6 is 12.2 Å². The van der Waals surface area contributed by atoms with E-state index in [0.29, 0.717) is 10.8 Å². The summed E-state index contributed by atoms with van der Waals surface area (Å²) in [5, 5.41) is 28.6. The number of alkyl halides is 2. The summed E-state index contributed by atoms with van der Waals surface area (Å²) in [6, 6.07) is 0. The summed E-state index contributed by atoms with van der Waals surface area (Å²) >= 11 is 4.70. The maximum absolute atomic E-state index is 14.1. The molecule has 2 rings (SSSR count). The van der Waals surface area contributed by atoms with Crippen molar-refractivity contribution in [3.05, 3.63) is 27.1 Å². The zero-order valence-electron chi connectivity index (χ0n) is 10.3. The van der Waals surface area contributed by atoms with Gasteiger partial charge in [0.2, 0.25) is 5.82 Å². The molecule has 118 valence electrons. The topological polar surface area (TPSA) is 108 Å². The van der Waals surface area contributed by atoms with Gasteiger partial charge in [0, 0.05) is 0 Å². The van der Waals surface area contributed by atoms with E-state index in [1.54, 1.807) is 0 Å². The number of aromatic nitrogens is 2. The summed E-state index contributed by atoms with van der Waals surface area (Å²) in [6.07, 6.45) is -3.97. The van der Waals surface area contributed by atoms with Crippen LogP contribution in [-0.4, -0.2) is 55.7 Å². The summed E-state index contributed by atoms with van der Waals surface area (Å²) in [5.74, 6) is -4.52. The molecule has 0 radical (unpaired) electrons. The second kappa shape index (κ2) is 5.18. The number of halogens is 3. The summed E-state index contributed by atoms with van der Waals surface area (Å²) in [4.78, 5) is 12.9. The molecule has 7 nitrogen and oxygen atoms in total. The molecule has 1 aromatic heterocycles. The molecular formula is C10H11F3N2O5S. The highest BCUT2D eigenvalue weighted by atomic mass is 32.1. The van der Waals surface area contributed by atoms with Crippen molar-refractivity contribution in [2.75, 3.05) is 13.3 Å². The van der Waals surface area contributed by atoms with E-state index < -0.39 is 53.2 Å².